The monoisotopic (exact) mass is 428 g/mol. The first kappa shape index (κ1) is 21.8. The molecule has 0 unspecified atom stereocenters. The van der Waals surface area contributed by atoms with Crippen LogP contribution in [0.15, 0.2) is 65.7 Å². The lowest BCUT2D eigenvalue weighted by molar-refractivity contribution is 0.413. The van der Waals surface area contributed by atoms with Crippen LogP contribution in [0.1, 0.15) is 20.8 Å². The average molecular weight is 429 g/mol. The summed E-state index contributed by atoms with van der Waals surface area (Å²) in [6.45, 7) is 5.68. The van der Waals surface area contributed by atoms with E-state index in [0.717, 1.165) is 11.1 Å². The third-order valence-electron chi connectivity index (χ3n) is 4.32. The summed E-state index contributed by atoms with van der Waals surface area (Å²) in [4.78, 5) is 4.57. The largest absolute Gasteiger partial charge is 0.496 e. The molecule has 0 aliphatic heterocycles. The summed E-state index contributed by atoms with van der Waals surface area (Å²) >= 11 is 0. The number of nitrogens with one attached hydrogen (secondary N) is 1. The summed E-state index contributed by atoms with van der Waals surface area (Å²) in [6.07, 6.45) is 1.63. The average Bonchev–Trinajstić information content (AvgIpc) is 2.66. The Hall–Kier alpha value is -2.93. The van der Waals surface area contributed by atoms with Gasteiger partial charge in [-0.1, -0.05) is 26.8 Å². The Morgan fingerprint density at radius 2 is 1.83 bits per heavy atom. The molecule has 5 nitrogen and oxygen atoms in total. The molecule has 30 heavy (non-hydrogen) atoms. The predicted octanol–water partition coefficient (Wildman–Crippen LogP) is 5.46. The summed E-state index contributed by atoms with van der Waals surface area (Å²) < 4.78 is 44.2. The Balaban J connectivity index is 1.89. The minimum atomic E-state index is -3.41. The van der Waals surface area contributed by atoms with Crippen LogP contribution in [0.5, 0.6) is 5.75 Å². The zero-order valence-electron chi connectivity index (χ0n) is 17.4. The minimum absolute atomic E-state index is 0.0571. The van der Waals surface area contributed by atoms with Gasteiger partial charge in [-0.2, -0.15) is 0 Å². The lowest BCUT2D eigenvalue weighted by Crippen LogP contribution is -2.20. The van der Waals surface area contributed by atoms with Gasteiger partial charge in [0.1, 0.15) is 17.4 Å². The van der Waals surface area contributed by atoms with E-state index >= 15 is 0 Å². The maximum absolute atomic E-state index is 13.5. The molecule has 0 radical (unpaired) electrons. The van der Waals surface area contributed by atoms with Crippen LogP contribution in [0.3, 0.4) is 0 Å². The molecule has 2 aromatic carbocycles. The lowest BCUT2D eigenvalue weighted by atomic mass is 10.0. The number of halogens is 1. The first-order valence-corrected chi connectivity index (χ1v) is 11.1. The van der Waals surface area contributed by atoms with Crippen molar-refractivity contribution in [1.82, 2.24) is 4.98 Å². The van der Waals surface area contributed by atoms with Crippen LogP contribution in [0, 0.1) is 11.2 Å². The predicted molar refractivity (Wildman–Crippen MR) is 117 cm³/mol. The van der Waals surface area contributed by atoms with Crippen molar-refractivity contribution in [3.8, 4) is 16.9 Å². The van der Waals surface area contributed by atoms with E-state index in [1.807, 2.05) is 20.8 Å². The van der Waals surface area contributed by atoms with Crippen LogP contribution in [-0.4, -0.2) is 26.3 Å². The van der Waals surface area contributed by atoms with Gasteiger partial charge in [0.15, 0.2) is 9.84 Å². The van der Waals surface area contributed by atoms with Crippen LogP contribution in [0.25, 0.3) is 11.1 Å². The number of nitrogens with zero attached hydrogens (tertiary/aromatic N) is 1. The summed E-state index contributed by atoms with van der Waals surface area (Å²) in [5.41, 5.74) is 1.79. The van der Waals surface area contributed by atoms with Crippen molar-refractivity contribution in [2.75, 3.05) is 18.2 Å². The molecule has 3 aromatic rings. The van der Waals surface area contributed by atoms with Gasteiger partial charge >= 0.3 is 0 Å². The molecule has 0 aliphatic rings. The first-order valence-electron chi connectivity index (χ1n) is 9.47. The molecule has 158 valence electrons. The van der Waals surface area contributed by atoms with Crippen LogP contribution >= 0.6 is 0 Å². The summed E-state index contributed by atoms with van der Waals surface area (Å²) in [6, 6.07) is 14.6. The SMILES string of the molecule is COc1cc(F)ccc1-c1ccnc(Nc2cccc(S(=O)(=O)CC(C)(C)C)c2)c1. The number of ether oxygens (including phenoxy) is 1. The first-order chi connectivity index (χ1) is 14.1. The number of anilines is 2. The number of benzene rings is 2. The molecule has 0 fully saturated rings. The molecule has 1 heterocycles. The second-order valence-corrected chi connectivity index (χ2v) is 10.2. The zero-order valence-corrected chi connectivity index (χ0v) is 18.3. The van der Waals surface area contributed by atoms with E-state index in [4.69, 9.17) is 4.74 Å². The molecule has 0 saturated carbocycles. The molecule has 0 bridgehead atoms. The molecule has 0 amide bonds. The number of sulfone groups is 1. The summed E-state index contributed by atoms with van der Waals surface area (Å²) in [7, 11) is -1.92. The second kappa shape index (κ2) is 8.44. The Morgan fingerprint density at radius 3 is 2.53 bits per heavy atom. The molecule has 0 atom stereocenters. The Morgan fingerprint density at radius 1 is 1.07 bits per heavy atom. The molecule has 1 aromatic heterocycles. The van der Waals surface area contributed by atoms with Crippen molar-refractivity contribution in [3.63, 3.8) is 0 Å². The highest BCUT2D eigenvalue weighted by molar-refractivity contribution is 7.91. The quantitative estimate of drug-likeness (QED) is 0.565. The van der Waals surface area contributed by atoms with Crippen molar-refractivity contribution >= 4 is 21.3 Å². The number of aromatic nitrogens is 1. The fourth-order valence-corrected chi connectivity index (χ4v) is 5.04. The fourth-order valence-electron chi connectivity index (χ4n) is 3.14. The van der Waals surface area contributed by atoms with Crippen LogP contribution in [0.4, 0.5) is 15.9 Å². The number of pyridine rings is 1. The van der Waals surface area contributed by atoms with E-state index in [1.54, 1.807) is 48.7 Å². The molecule has 1 N–H and O–H groups in total. The van der Waals surface area contributed by atoms with Crippen molar-refractivity contribution in [3.05, 3.63) is 66.6 Å². The van der Waals surface area contributed by atoms with Crippen molar-refractivity contribution in [2.45, 2.75) is 25.7 Å². The highest BCUT2D eigenvalue weighted by Gasteiger charge is 2.23. The normalized spacial score (nSPS) is 11.9. The molecule has 0 saturated heterocycles. The van der Waals surface area contributed by atoms with Gasteiger partial charge in [0.25, 0.3) is 0 Å². The highest BCUT2D eigenvalue weighted by atomic mass is 32.2. The molecule has 0 spiro atoms. The van der Waals surface area contributed by atoms with Gasteiger partial charge in [-0.25, -0.2) is 17.8 Å². The molecule has 7 heteroatoms. The van der Waals surface area contributed by atoms with Crippen LogP contribution < -0.4 is 10.1 Å². The van der Waals surface area contributed by atoms with E-state index in [2.05, 4.69) is 10.3 Å². The smallest absolute Gasteiger partial charge is 0.178 e. The van der Waals surface area contributed by atoms with Gasteiger partial charge in [0.05, 0.1) is 17.8 Å². The fraction of sp³-hybridized carbons (Fsp3) is 0.261. The lowest BCUT2D eigenvalue weighted by Gasteiger charge is -2.18. The Bertz CT molecular complexity index is 1160. The van der Waals surface area contributed by atoms with Crippen molar-refractivity contribution in [1.29, 1.82) is 0 Å². The molecular formula is C23H25FN2O3S. The van der Waals surface area contributed by atoms with Gasteiger partial charge in [0.2, 0.25) is 0 Å². The molecule has 3 rings (SSSR count). The van der Waals surface area contributed by atoms with Crippen LogP contribution in [0.2, 0.25) is 0 Å². The van der Waals surface area contributed by atoms with Crippen LogP contribution in [-0.2, 0) is 9.84 Å². The van der Waals surface area contributed by atoms with Crippen molar-refractivity contribution < 1.29 is 17.5 Å². The van der Waals surface area contributed by atoms with E-state index in [-0.39, 0.29) is 21.9 Å². The third-order valence-corrected chi connectivity index (χ3v) is 6.54. The van der Waals surface area contributed by atoms with E-state index < -0.39 is 9.84 Å². The zero-order chi connectivity index (χ0) is 21.9. The number of methoxy groups -OCH3 is 1. The van der Waals surface area contributed by atoms with Gasteiger partial charge in [-0.3, -0.25) is 0 Å². The minimum Gasteiger partial charge on any atom is -0.496 e. The van der Waals surface area contributed by atoms with Gasteiger partial charge in [0, 0.05) is 23.5 Å². The Kier molecular flexibility index (Phi) is 6.12. The van der Waals surface area contributed by atoms with Gasteiger partial charge in [-0.05, 0) is 53.4 Å². The highest BCUT2D eigenvalue weighted by Crippen LogP contribution is 2.32. The molecule has 0 aliphatic carbocycles. The number of hydrogen-bond acceptors (Lipinski definition) is 5. The summed E-state index contributed by atoms with van der Waals surface area (Å²) in [5.74, 6) is 0.629. The van der Waals surface area contributed by atoms with Gasteiger partial charge in [-0.15, -0.1) is 0 Å². The van der Waals surface area contributed by atoms with Crippen molar-refractivity contribution in [2.24, 2.45) is 5.41 Å². The van der Waals surface area contributed by atoms with E-state index in [1.165, 1.54) is 19.2 Å². The summed E-state index contributed by atoms with van der Waals surface area (Å²) in [5, 5.41) is 3.15. The molecular weight excluding hydrogens is 403 g/mol. The number of rotatable bonds is 6. The maximum atomic E-state index is 13.5. The van der Waals surface area contributed by atoms with E-state index in [0.29, 0.717) is 17.3 Å². The van der Waals surface area contributed by atoms with Gasteiger partial charge < -0.3 is 10.1 Å². The number of hydrogen-bond donors (Lipinski definition) is 1. The Labute approximate surface area is 176 Å². The van der Waals surface area contributed by atoms with E-state index in [9.17, 15) is 12.8 Å². The maximum Gasteiger partial charge on any atom is 0.178 e. The third kappa shape index (κ3) is 5.36. The second-order valence-electron chi connectivity index (χ2n) is 8.25. The topological polar surface area (TPSA) is 68.3 Å². The standard InChI is InChI=1S/C23H25FN2O3S/c1-23(2,3)15-30(27,28)19-7-5-6-18(14-19)26-22-12-16(10-11-25-22)20-9-8-17(24)13-21(20)29-4/h5-14H,15H2,1-4H3,(H,25,26).